The van der Waals surface area contributed by atoms with Crippen molar-refractivity contribution >= 4 is 11.9 Å². The molecule has 1 amide bonds. The first-order valence-corrected chi connectivity index (χ1v) is 6.22. The summed E-state index contributed by atoms with van der Waals surface area (Å²) in [7, 11) is 1.64. The van der Waals surface area contributed by atoms with Gasteiger partial charge in [0.05, 0.1) is 0 Å². The van der Waals surface area contributed by atoms with E-state index in [-0.39, 0.29) is 5.41 Å². The molecule has 0 aliphatic rings. The van der Waals surface area contributed by atoms with Crippen molar-refractivity contribution in [3.05, 3.63) is 18.0 Å². The van der Waals surface area contributed by atoms with Gasteiger partial charge in [0.25, 0.3) is 5.91 Å². The van der Waals surface area contributed by atoms with Crippen LogP contribution in [0.1, 0.15) is 44.1 Å². The van der Waals surface area contributed by atoms with E-state index in [1.807, 2.05) is 20.8 Å². The van der Waals surface area contributed by atoms with Crippen LogP contribution in [-0.4, -0.2) is 32.8 Å². The summed E-state index contributed by atoms with van der Waals surface area (Å²) in [4.78, 5) is 23.1. The topological polar surface area (TPSA) is 84.2 Å². The first-order valence-electron chi connectivity index (χ1n) is 6.22. The second kappa shape index (κ2) is 5.86. The Labute approximate surface area is 112 Å². The normalized spacial score (nSPS) is 13.1. The molecule has 0 fully saturated rings. The average Bonchev–Trinajstić information content (AvgIpc) is 2.68. The van der Waals surface area contributed by atoms with E-state index in [2.05, 4.69) is 10.4 Å². The van der Waals surface area contributed by atoms with E-state index in [1.165, 1.54) is 10.9 Å². The van der Waals surface area contributed by atoms with E-state index in [9.17, 15) is 9.59 Å². The van der Waals surface area contributed by atoms with Crippen LogP contribution in [0.2, 0.25) is 0 Å². The van der Waals surface area contributed by atoms with Crippen molar-refractivity contribution in [2.24, 2.45) is 12.5 Å². The third kappa shape index (κ3) is 4.73. The smallest absolute Gasteiger partial charge is 0.326 e. The molecule has 0 radical (unpaired) electrons. The van der Waals surface area contributed by atoms with Gasteiger partial charge in [0.1, 0.15) is 11.7 Å². The fourth-order valence-corrected chi connectivity index (χ4v) is 1.66. The Hall–Kier alpha value is -1.85. The first kappa shape index (κ1) is 15.2. The Morgan fingerprint density at radius 1 is 1.47 bits per heavy atom. The van der Waals surface area contributed by atoms with Crippen LogP contribution in [0.15, 0.2) is 12.3 Å². The zero-order valence-electron chi connectivity index (χ0n) is 11.8. The van der Waals surface area contributed by atoms with Crippen molar-refractivity contribution in [3.8, 4) is 0 Å². The van der Waals surface area contributed by atoms with Crippen LogP contribution in [0.4, 0.5) is 0 Å². The van der Waals surface area contributed by atoms with Crippen molar-refractivity contribution in [2.45, 2.75) is 39.7 Å². The minimum absolute atomic E-state index is 0.0327. The predicted octanol–water partition coefficient (Wildman–Crippen LogP) is 1.43. The van der Waals surface area contributed by atoms with Crippen molar-refractivity contribution < 1.29 is 14.7 Å². The van der Waals surface area contributed by atoms with Gasteiger partial charge in [-0.25, -0.2) is 4.79 Å². The number of aromatic nitrogens is 2. The highest BCUT2D eigenvalue weighted by Gasteiger charge is 2.24. The molecule has 1 aromatic heterocycles. The molecule has 106 valence electrons. The van der Waals surface area contributed by atoms with Crippen LogP contribution < -0.4 is 5.32 Å². The summed E-state index contributed by atoms with van der Waals surface area (Å²) >= 11 is 0. The predicted molar refractivity (Wildman–Crippen MR) is 70.8 cm³/mol. The Morgan fingerprint density at radius 2 is 2.11 bits per heavy atom. The number of carbonyl (C=O) groups excluding carboxylic acids is 1. The van der Waals surface area contributed by atoms with E-state index in [1.54, 1.807) is 13.1 Å². The minimum Gasteiger partial charge on any atom is -0.480 e. The average molecular weight is 267 g/mol. The molecule has 1 unspecified atom stereocenters. The number of aryl methyl sites for hydroxylation is 1. The fourth-order valence-electron chi connectivity index (χ4n) is 1.66. The number of aliphatic carboxylic acids is 1. The highest BCUT2D eigenvalue weighted by Crippen LogP contribution is 2.21. The molecule has 19 heavy (non-hydrogen) atoms. The summed E-state index contributed by atoms with van der Waals surface area (Å²) in [6, 6.07) is 0.680. The van der Waals surface area contributed by atoms with Crippen molar-refractivity contribution in [1.82, 2.24) is 15.1 Å². The van der Waals surface area contributed by atoms with E-state index in [0.29, 0.717) is 12.1 Å². The zero-order chi connectivity index (χ0) is 14.6. The second-order valence-electron chi connectivity index (χ2n) is 5.80. The highest BCUT2D eigenvalue weighted by atomic mass is 16.4. The van der Waals surface area contributed by atoms with Gasteiger partial charge in [0, 0.05) is 13.2 Å². The van der Waals surface area contributed by atoms with Crippen molar-refractivity contribution in [1.29, 1.82) is 0 Å². The Balaban J connectivity index is 2.67. The molecule has 0 saturated carbocycles. The third-order valence-electron chi connectivity index (χ3n) is 2.84. The van der Waals surface area contributed by atoms with E-state index >= 15 is 0 Å². The zero-order valence-corrected chi connectivity index (χ0v) is 11.8. The number of nitrogens with zero attached hydrogens (tertiary/aromatic N) is 2. The number of carboxylic acids is 1. The molecule has 2 N–H and O–H groups in total. The van der Waals surface area contributed by atoms with Gasteiger partial charge in [0.2, 0.25) is 0 Å². The Bertz CT molecular complexity index is 460. The summed E-state index contributed by atoms with van der Waals surface area (Å²) < 4.78 is 1.41. The summed E-state index contributed by atoms with van der Waals surface area (Å²) in [6.45, 7) is 6.11. The lowest BCUT2D eigenvalue weighted by Crippen LogP contribution is -2.41. The van der Waals surface area contributed by atoms with E-state index in [0.717, 1.165) is 6.42 Å². The van der Waals surface area contributed by atoms with Crippen LogP contribution in [0.3, 0.4) is 0 Å². The molecule has 6 heteroatoms. The van der Waals surface area contributed by atoms with Gasteiger partial charge in [-0.3, -0.25) is 9.48 Å². The Kier molecular flexibility index (Phi) is 4.69. The first-order chi connectivity index (χ1) is 8.70. The van der Waals surface area contributed by atoms with Crippen molar-refractivity contribution in [2.75, 3.05) is 0 Å². The maximum Gasteiger partial charge on any atom is 0.326 e. The van der Waals surface area contributed by atoms with Gasteiger partial charge in [-0.15, -0.1) is 0 Å². The van der Waals surface area contributed by atoms with Crippen LogP contribution in [0.5, 0.6) is 0 Å². The monoisotopic (exact) mass is 267 g/mol. The highest BCUT2D eigenvalue weighted by molar-refractivity contribution is 5.95. The molecular weight excluding hydrogens is 246 g/mol. The molecule has 6 nitrogen and oxygen atoms in total. The lowest BCUT2D eigenvalue weighted by Gasteiger charge is -2.21. The third-order valence-corrected chi connectivity index (χ3v) is 2.84. The quantitative estimate of drug-likeness (QED) is 0.845. The number of hydrogen-bond donors (Lipinski definition) is 2. The van der Waals surface area contributed by atoms with Gasteiger partial charge in [-0.1, -0.05) is 20.8 Å². The standard InChI is InChI=1S/C13H21N3O3/c1-13(2,3)7-5-9(12(18)19)15-11(17)10-6-8-14-16(10)4/h6,8-9H,5,7H2,1-4H3,(H,15,17)(H,18,19). The largest absolute Gasteiger partial charge is 0.480 e. The number of carbonyl (C=O) groups is 2. The molecular formula is C13H21N3O3. The van der Waals surface area contributed by atoms with Crippen LogP contribution in [-0.2, 0) is 11.8 Å². The second-order valence-corrected chi connectivity index (χ2v) is 5.80. The number of nitrogens with one attached hydrogen (secondary N) is 1. The van der Waals surface area contributed by atoms with E-state index in [4.69, 9.17) is 5.11 Å². The summed E-state index contributed by atoms with van der Waals surface area (Å²) in [5.74, 6) is -1.43. The van der Waals surface area contributed by atoms with Gasteiger partial charge in [-0.2, -0.15) is 5.10 Å². The van der Waals surface area contributed by atoms with Gasteiger partial charge < -0.3 is 10.4 Å². The van der Waals surface area contributed by atoms with Crippen LogP contribution >= 0.6 is 0 Å². The van der Waals surface area contributed by atoms with Crippen LogP contribution in [0, 0.1) is 5.41 Å². The molecule has 0 aliphatic heterocycles. The van der Waals surface area contributed by atoms with Gasteiger partial charge in [0.15, 0.2) is 0 Å². The fraction of sp³-hybridized carbons (Fsp3) is 0.615. The maximum absolute atomic E-state index is 11.9. The Morgan fingerprint density at radius 3 is 2.53 bits per heavy atom. The van der Waals surface area contributed by atoms with Crippen molar-refractivity contribution in [3.63, 3.8) is 0 Å². The lowest BCUT2D eigenvalue weighted by atomic mass is 9.88. The summed E-state index contributed by atoms with van der Waals surface area (Å²) in [5, 5.41) is 15.6. The molecule has 1 aromatic rings. The van der Waals surface area contributed by atoms with Gasteiger partial charge in [-0.05, 0) is 24.3 Å². The van der Waals surface area contributed by atoms with Crippen LogP contribution in [0.25, 0.3) is 0 Å². The van der Waals surface area contributed by atoms with E-state index < -0.39 is 17.9 Å². The molecule has 0 aliphatic carbocycles. The lowest BCUT2D eigenvalue weighted by molar-refractivity contribution is -0.139. The maximum atomic E-state index is 11.9. The molecule has 0 aromatic carbocycles. The molecule has 1 heterocycles. The number of amides is 1. The molecule has 0 spiro atoms. The summed E-state index contributed by atoms with van der Waals surface area (Å²) in [6.07, 6.45) is 2.62. The summed E-state index contributed by atoms with van der Waals surface area (Å²) in [5.41, 5.74) is 0.382. The molecule has 0 saturated heterocycles. The van der Waals surface area contributed by atoms with Gasteiger partial charge >= 0.3 is 5.97 Å². The number of carboxylic acid groups (broad SMARTS) is 1. The molecule has 1 rings (SSSR count). The molecule has 1 atom stereocenters. The minimum atomic E-state index is -1.01. The number of rotatable bonds is 5. The number of hydrogen-bond acceptors (Lipinski definition) is 3. The molecule has 0 bridgehead atoms. The SMILES string of the molecule is Cn1nccc1C(=O)NC(CCC(C)(C)C)C(=O)O.